The lowest BCUT2D eigenvalue weighted by Gasteiger charge is -2.21. The zero-order valence-electron chi connectivity index (χ0n) is 10.7. The van der Waals surface area contributed by atoms with E-state index in [1.807, 2.05) is 31.2 Å². The molecule has 0 aromatic heterocycles. The van der Waals surface area contributed by atoms with E-state index in [1.54, 1.807) is 7.05 Å². The number of halogens is 3. The SMILES string of the molecule is CNC(c1ccccc1C)c1c(F)ccc(Br)c1F. The van der Waals surface area contributed by atoms with Crippen molar-refractivity contribution in [3.8, 4) is 0 Å². The third-order valence-corrected chi connectivity index (χ3v) is 3.77. The van der Waals surface area contributed by atoms with Crippen molar-refractivity contribution in [2.75, 3.05) is 7.05 Å². The minimum Gasteiger partial charge on any atom is -0.309 e. The van der Waals surface area contributed by atoms with Crippen molar-refractivity contribution in [3.63, 3.8) is 0 Å². The van der Waals surface area contributed by atoms with Crippen molar-refractivity contribution in [3.05, 3.63) is 69.2 Å². The second-order valence-corrected chi connectivity index (χ2v) is 5.19. The third kappa shape index (κ3) is 2.69. The number of hydrogen-bond acceptors (Lipinski definition) is 1. The largest absolute Gasteiger partial charge is 0.309 e. The minimum absolute atomic E-state index is 0.0335. The van der Waals surface area contributed by atoms with Crippen LogP contribution in [0.15, 0.2) is 40.9 Å². The first-order chi connectivity index (χ1) is 9.06. The maximum Gasteiger partial charge on any atom is 0.145 e. The first kappa shape index (κ1) is 14.2. The molecule has 19 heavy (non-hydrogen) atoms. The fourth-order valence-electron chi connectivity index (χ4n) is 2.17. The standard InChI is InChI=1S/C15H14BrF2N/c1-9-5-3-4-6-10(9)15(19-2)13-12(17)8-7-11(16)14(13)18/h3-8,15,19H,1-2H3. The van der Waals surface area contributed by atoms with E-state index in [4.69, 9.17) is 0 Å². The van der Waals surface area contributed by atoms with Crippen LogP contribution in [-0.4, -0.2) is 7.05 Å². The second-order valence-electron chi connectivity index (χ2n) is 4.34. The molecule has 0 heterocycles. The van der Waals surface area contributed by atoms with Gasteiger partial charge >= 0.3 is 0 Å². The zero-order chi connectivity index (χ0) is 14.0. The van der Waals surface area contributed by atoms with E-state index in [0.717, 1.165) is 11.1 Å². The molecule has 0 aliphatic rings. The first-order valence-corrected chi connectivity index (χ1v) is 6.71. The molecule has 0 fully saturated rings. The quantitative estimate of drug-likeness (QED) is 0.827. The molecule has 0 amide bonds. The van der Waals surface area contributed by atoms with Crippen LogP contribution < -0.4 is 5.32 Å². The summed E-state index contributed by atoms with van der Waals surface area (Å²) in [5.41, 5.74) is 1.88. The number of nitrogens with one attached hydrogen (secondary N) is 1. The van der Waals surface area contributed by atoms with Gasteiger partial charge in [-0.25, -0.2) is 8.78 Å². The molecule has 1 unspecified atom stereocenters. The Labute approximate surface area is 119 Å². The molecule has 100 valence electrons. The van der Waals surface area contributed by atoms with Crippen LogP contribution in [0.2, 0.25) is 0 Å². The molecule has 0 bridgehead atoms. The number of rotatable bonds is 3. The van der Waals surface area contributed by atoms with Crippen molar-refractivity contribution in [2.45, 2.75) is 13.0 Å². The summed E-state index contributed by atoms with van der Waals surface area (Å²) in [6.45, 7) is 1.92. The third-order valence-electron chi connectivity index (χ3n) is 3.16. The van der Waals surface area contributed by atoms with Crippen LogP contribution in [0.3, 0.4) is 0 Å². The fourth-order valence-corrected chi connectivity index (χ4v) is 2.52. The zero-order valence-corrected chi connectivity index (χ0v) is 12.3. The van der Waals surface area contributed by atoms with Gasteiger partial charge in [0.2, 0.25) is 0 Å². The van der Waals surface area contributed by atoms with E-state index in [2.05, 4.69) is 21.2 Å². The summed E-state index contributed by atoms with van der Waals surface area (Å²) in [5, 5.41) is 2.98. The molecule has 0 spiro atoms. The lowest BCUT2D eigenvalue weighted by atomic mass is 9.94. The lowest BCUT2D eigenvalue weighted by Crippen LogP contribution is -2.21. The van der Waals surface area contributed by atoms with E-state index in [9.17, 15) is 8.78 Å². The van der Waals surface area contributed by atoms with Gasteiger partial charge in [-0.2, -0.15) is 0 Å². The fraction of sp³-hybridized carbons (Fsp3) is 0.200. The smallest absolute Gasteiger partial charge is 0.145 e. The summed E-state index contributed by atoms with van der Waals surface area (Å²) < 4.78 is 28.4. The predicted octanol–water partition coefficient (Wildman–Crippen LogP) is 4.34. The molecule has 1 N–H and O–H groups in total. The normalized spacial score (nSPS) is 12.5. The van der Waals surface area contributed by atoms with Crippen LogP contribution in [0.1, 0.15) is 22.7 Å². The van der Waals surface area contributed by atoms with Gasteiger partial charge in [-0.3, -0.25) is 0 Å². The molecular weight excluding hydrogens is 312 g/mol. The Morgan fingerprint density at radius 1 is 1.11 bits per heavy atom. The monoisotopic (exact) mass is 325 g/mol. The van der Waals surface area contributed by atoms with Gasteiger partial charge in [-0.05, 0) is 53.2 Å². The molecule has 0 radical (unpaired) electrons. The van der Waals surface area contributed by atoms with Crippen LogP contribution in [0, 0.1) is 18.6 Å². The average Bonchev–Trinajstić information content (AvgIpc) is 2.40. The van der Waals surface area contributed by atoms with E-state index in [0.29, 0.717) is 0 Å². The molecule has 0 saturated carbocycles. The van der Waals surface area contributed by atoms with Crippen LogP contribution in [0.5, 0.6) is 0 Å². The van der Waals surface area contributed by atoms with Crippen LogP contribution in [-0.2, 0) is 0 Å². The van der Waals surface area contributed by atoms with Gasteiger partial charge in [0.15, 0.2) is 0 Å². The summed E-state index contributed by atoms with van der Waals surface area (Å²) in [6, 6.07) is 9.69. The highest BCUT2D eigenvalue weighted by Gasteiger charge is 2.23. The van der Waals surface area contributed by atoms with E-state index < -0.39 is 17.7 Å². The maximum atomic E-state index is 14.2. The highest BCUT2D eigenvalue weighted by Crippen LogP contribution is 2.31. The Bertz CT molecular complexity index is 599. The summed E-state index contributed by atoms with van der Waals surface area (Å²) in [5.74, 6) is -1.12. The second kappa shape index (κ2) is 5.80. The topological polar surface area (TPSA) is 12.0 Å². The van der Waals surface area contributed by atoms with Crippen molar-refractivity contribution in [1.29, 1.82) is 0 Å². The summed E-state index contributed by atoms with van der Waals surface area (Å²) in [6.07, 6.45) is 0. The van der Waals surface area contributed by atoms with Crippen molar-refractivity contribution in [2.24, 2.45) is 0 Å². The van der Waals surface area contributed by atoms with Gasteiger partial charge in [-0.15, -0.1) is 0 Å². The molecule has 2 aromatic rings. The summed E-state index contributed by atoms with van der Waals surface area (Å²) >= 11 is 3.10. The Morgan fingerprint density at radius 3 is 2.42 bits per heavy atom. The number of hydrogen-bond donors (Lipinski definition) is 1. The summed E-state index contributed by atoms with van der Waals surface area (Å²) in [7, 11) is 1.69. The molecular formula is C15H14BrF2N. The van der Waals surface area contributed by atoms with Crippen molar-refractivity contribution < 1.29 is 8.78 Å². The van der Waals surface area contributed by atoms with Crippen LogP contribution in [0.4, 0.5) is 8.78 Å². The van der Waals surface area contributed by atoms with Gasteiger partial charge in [0.05, 0.1) is 10.5 Å². The van der Waals surface area contributed by atoms with E-state index in [1.165, 1.54) is 12.1 Å². The number of benzene rings is 2. The molecule has 2 aromatic carbocycles. The van der Waals surface area contributed by atoms with Gasteiger partial charge in [0, 0.05) is 5.56 Å². The Balaban J connectivity index is 2.61. The molecule has 0 saturated heterocycles. The van der Waals surface area contributed by atoms with Gasteiger partial charge < -0.3 is 5.32 Å². The molecule has 0 aliphatic carbocycles. The molecule has 1 nitrogen and oxygen atoms in total. The van der Waals surface area contributed by atoms with Crippen molar-refractivity contribution in [1.82, 2.24) is 5.32 Å². The van der Waals surface area contributed by atoms with Gasteiger partial charge in [0.1, 0.15) is 11.6 Å². The lowest BCUT2D eigenvalue weighted by molar-refractivity contribution is 0.518. The Morgan fingerprint density at radius 2 is 1.79 bits per heavy atom. The summed E-state index contributed by atoms with van der Waals surface area (Å²) in [4.78, 5) is 0. The Hall–Kier alpha value is -1.26. The highest BCUT2D eigenvalue weighted by molar-refractivity contribution is 9.10. The average molecular weight is 326 g/mol. The molecule has 1 atom stereocenters. The minimum atomic E-state index is -0.567. The Kier molecular flexibility index (Phi) is 4.32. The van der Waals surface area contributed by atoms with E-state index >= 15 is 0 Å². The number of aryl methyl sites for hydroxylation is 1. The highest BCUT2D eigenvalue weighted by atomic mass is 79.9. The first-order valence-electron chi connectivity index (χ1n) is 5.92. The van der Waals surface area contributed by atoms with E-state index in [-0.39, 0.29) is 10.0 Å². The van der Waals surface area contributed by atoms with Crippen molar-refractivity contribution >= 4 is 15.9 Å². The van der Waals surface area contributed by atoms with Gasteiger partial charge in [0.25, 0.3) is 0 Å². The van der Waals surface area contributed by atoms with Gasteiger partial charge in [-0.1, -0.05) is 24.3 Å². The van der Waals surface area contributed by atoms with Crippen LogP contribution >= 0.6 is 15.9 Å². The maximum absolute atomic E-state index is 14.2. The van der Waals surface area contributed by atoms with Crippen LogP contribution in [0.25, 0.3) is 0 Å². The molecule has 4 heteroatoms. The predicted molar refractivity (Wildman–Crippen MR) is 76.1 cm³/mol. The molecule has 0 aliphatic heterocycles. The molecule has 2 rings (SSSR count).